The second kappa shape index (κ2) is 11.9. The van der Waals surface area contributed by atoms with E-state index in [1.807, 2.05) is 36.4 Å². The Hall–Kier alpha value is -4.34. The zero-order valence-corrected chi connectivity index (χ0v) is 20.7. The van der Waals surface area contributed by atoms with E-state index < -0.39 is 36.2 Å². The van der Waals surface area contributed by atoms with Crippen molar-refractivity contribution in [1.29, 1.82) is 0 Å². The topological polar surface area (TPSA) is 121 Å². The van der Waals surface area contributed by atoms with Gasteiger partial charge in [0.25, 0.3) is 11.5 Å². The lowest BCUT2D eigenvalue weighted by molar-refractivity contribution is -0.150. The summed E-state index contributed by atoms with van der Waals surface area (Å²) in [6, 6.07) is 17.1. The number of nitrogens with one attached hydrogen (secondary N) is 2. The molecule has 2 aromatic carbocycles. The molecule has 190 valence electrons. The van der Waals surface area contributed by atoms with Gasteiger partial charge in [-0.1, -0.05) is 62.4 Å². The summed E-state index contributed by atoms with van der Waals surface area (Å²) >= 11 is 0. The lowest BCUT2D eigenvalue weighted by Crippen LogP contribution is -2.46. The van der Waals surface area contributed by atoms with Crippen molar-refractivity contribution in [3.63, 3.8) is 0 Å². The van der Waals surface area contributed by atoms with Crippen LogP contribution < -0.4 is 16.2 Å². The Labute approximate surface area is 208 Å². The van der Waals surface area contributed by atoms with Gasteiger partial charge in [-0.2, -0.15) is 0 Å². The first-order valence-corrected chi connectivity index (χ1v) is 11.5. The van der Waals surface area contributed by atoms with Gasteiger partial charge in [0.15, 0.2) is 6.61 Å². The minimum absolute atomic E-state index is 0.0475. The summed E-state index contributed by atoms with van der Waals surface area (Å²) in [5, 5.41) is 5.01. The normalized spacial score (nSPS) is 11.6. The number of amides is 2. The largest absolute Gasteiger partial charge is 0.454 e. The molecular weight excluding hydrogens is 464 g/mol. The number of carbonyl (C=O) groups excluding carboxylic acids is 3. The molecule has 1 atom stereocenters. The Morgan fingerprint density at radius 3 is 2.17 bits per heavy atom. The summed E-state index contributed by atoms with van der Waals surface area (Å²) in [6.45, 7) is 4.57. The number of aromatic nitrogens is 2. The zero-order valence-electron chi connectivity index (χ0n) is 20.7. The van der Waals surface area contributed by atoms with E-state index in [1.165, 1.54) is 4.68 Å². The van der Waals surface area contributed by atoms with Gasteiger partial charge in [-0.25, -0.2) is 14.3 Å². The Balaban J connectivity index is 1.58. The average Bonchev–Trinajstić information content (AvgIpc) is 3.08. The maximum atomic E-state index is 12.9. The van der Waals surface area contributed by atoms with Crippen LogP contribution in [0.5, 0.6) is 0 Å². The van der Waals surface area contributed by atoms with Crippen molar-refractivity contribution in [2.45, 2.75) is 33.4 Å². The Morgan fingerprint density at radius 1 is 0.944 bits per heavy atom. The summed E-state index contributed by atoms with van der Waals surface area (Å²) in [4.78, 5) is 50.2. The molecule has 0 aliphatic heterocycles. The number of rotatable bonds is 9. The third-order valence-corrected chi connectivity index (χ3v) is 5.57. The standard InChI is InChI=1S/C26H30N4O6/c1-17(2)22(28-26(34)36-15-19-11-7-5-8-12-19)25(33)35-16-21(31)27-23-18(3)29(4)30(24(23)32)20-13-9-6-10-14-20/h5-14,17,22H,15-16H2,1-4H3,(H,27,31)(H,28,34)/t22-/m0/s1. The van der Waals surface area contributed by atoms with Gasteiger partial charge in [0.2, 0.25) is 0 Å². The molecule has 3 aromatic rings. The van der Waals surface area contributed by atoms with Crippen LogP contribution in [0.25, 0.3) is 5.69 Å². The lowest BCUT2D eigenvalue weighted by atomic mass is 10.1. The fourth-order valence-electron chi connectivity index (χ4n) is 3.50. The molecular formula is C26H30N4O6. The molecule has 0 spiro atoms. The van der Waals surface area contributed by atoms with Crippen LogP contribution in [-0.4, -0.2) is 40.0 Å². The number of alkyl carbamates (subject to hydrolysis) is 1. The number of anilines is 1. The van der Waals surface area contributed by atoms with Crippen LogP contribution in [0.1, 0.15) is 25.1 Å². The van der Waals surface area contributed by atoms with E-state index in [9.17, 15) is 19.2 Å². The summed E-state index contributed by atoms with van der Waals surface area (Å²) in [6.07, 6.45) is -0.777. The maximum Gasteiger partial charge on any atom is 0.408 e. The molecule has 2 amide bonds. The van der Waals surface area contributed by atoms with Crippen molar-refractivity contribution in [3.05, 3.63) is 82.3 Å². The quantitative estimate of drug-likeness (QED) is 0.441. The van der Waals surface area contributed by atoms with Crippen molar-refractivity contribution in [2.24, 2.45) is 13.0 Å². The van der Waals surface area contributed by atoms with Gasteiger partial charge in [-0.15, -0.1) is 0 Å². The first kappa shape index (κ1) is 26.3. The summed E-state index contributed by atoms with van der Waals surface area (Å²) in [5.74, 6) is -1.79. The van der Waals surface area contributed by atoms with Crippen molar-refractivity contribution in [1.82, 2.24) is 14.7 Å². The minimum atomic E-state index is -1.02. The number of para-hydroxylation sites is 1. The first-order chi connectivity index (χ1) is 17.2. The molecule has 0 aliphatic carbocycles. The molecule has 0 saturated carbocycles. The predicted molar refractivity (Wildman–Crippen MR) is 134 cm³/mol. The molecule has 1 heterocycles. The highest BCUT2D eigenvalue weighted by Gasteiger charge is 2.27. The van der Waals surface area contributed by atoms with Gasteiger partial charge in [0, 0.05) is 7.05 Å². The molecule has 2 N–H and O–H groups in total. The monoisotopic (exact) mass is 494 g/mol. The van der Waals surface area contributed by atoms with E-state index in [0.29, 0.717) is 11.4 Å². The van der Waals surface area contributed by atoms with Crippen molar-refractivity contribution < 1.29 is 23.9 Å². The molecule has 0 unspecified atom stereocenters. The third kappa shape index (κ3) is 6.41. The highest BCUT2D eigenvalue weighted by atomic mass is 16.6. The number of ether oxygens (including phenoxy) is 2. The number of benzene rings is 2. The molecule has 10 nitrogen and oxygen atoms in total. The van der Waals surface area contributed by atoms with Crippen molar-refractivity contribution >= 4 is 23.7 Å². The van der Waals surface area contributed by atoms with E-state index in [4.69, 9.17) is 9.47 Å². The number of nitrogens with zero attached hydrogens (tertiary/aromatic N) is 2. The molecule has 0 saturated heterocycles. The van der Waals surface area contributed by atoms with Crippen molar-refractivity contribution in [2.75, 3.05) is 11.9 Å². The van der Waals surface area contributed by atoms with E-state index in [2.05, 4.69) is 10.6 Å². The van der Waals surface area contributed by atoms with E-state index in [-0.39, 0.29) is 18.2 Å². The highest BCUT2D eigenvalue weighted by molar-refractivity contribution is 5.93. The smallest absolute Gasteiger partial charge is 0.408 e. The predicted octanol–water partition coefficient (Wildman–Crippen LogP) is 2.92. The van der Waals surface area contributed by atoms with E-state index >= 15 is 0 Å². The first-order valence-electron chi connectivity index (χ1n) is 11.5. The molecule has 0 aliphatic rings. The third-order valence-electron chi connectivity index (χ3n) is 5.57. The molecule has 0 fully saturated rings. The van der Waals surface area contributed by atoms with E-state index in [0.717, 1.165) is 5.56 Å². The van der Waals surface area contributed by atoms with Crippen LogP contribution in [0.15, 0.2) is 65.5 Å². The van der Waals surface area contributed by atoms with Crippen LogP contribution >= 0.6 is 0 Å². The van der Waals surface area contributed by atoms with Gasteiger partial charge in [-0.05, 0) is 30.5 Å². The summed E-state index contributed by atoms with van der Waals surface area (Å²) in [7, 11) is 1.70. The van der Waals surface area contributed by atoms with Gasteiger partial charge in [0.1, 0.15) is 18.3 Å². The van der Waals surface area contributed by atoms with Crippen LogP contribution in [-0.2, 0) is 32.7 Å². The van der Waals surface area contributed by atoms with Gasteiger partial charge in [-0.3, -0.25) is 14.3 Å². The molecule has 1 aromatic heterocycles. The SMILES string of the molecule is Cc1c(NC(=O)COC(=O)[C@@H](NC(=O)OCc2ccccc2)C(C)C)c(=O)n(-c2ccccc2)n1C. The Bertz CT molecular complexity index is 1260. The van der Waals surface area contributed by atoms with Crippen molar-refractivity contribution in [3.8, 4) is 5.69 Å². The average molecular weight is 495 g/mol. The fraction of sp³-hybridized carbons (Fsp3) is 0.308. The fourth-order valence-corrected chi connectivity index (χ4v) is 3.50. The Kier molecular flexibility index (Phi) is 8.66. The summed E-state index contributed by atoms with van der Waals surface area (Å²) in [5.41, 5.74) is 1.65. The number of esters is 1. The molecule has 0 radical (unpaired) electrons. The second-order valence-corrected chi connectivity index (χ2v) is 8.52. The number of hydrogen-bond acceptors (Lipinski definition) is 6. The zero-order chi connectivity index (χ0) is 26.2. The molecule has 10 heteroatoms. The van der Waals surface area contributed by atoms with Gasteiger partial charge < -0.3 is 20.1 Å². The van der Waals surface area contributed by atoms with Crippen LogP contribution in [0.2, 0.25) is 0 Å². The molecule has 36 heavy (non-hydrogen) atoms. The lowest BCUT2D eigenvalue weighted by Gasteiger charge is -2.20. The van der Waals surface area contributed by atoms with Crippen LogP contribution in [0.4, 0.5) is 10.5 Å². The second-order valence-electron chi connectivity index (χ2n) is 8.52. The van der Waals surface area contributed by atoms with Gasteiger partial charge >= 0.3 is 12.1 Å². The maximum absolute atomic E-state index is 12.9. The van der Waals surface area contributed by atoms with Crippen LogP contribution in [0, 0.1) is 12.8 Å². The number of carbonyl (C=O) groups is 3. The van der Waals surface area contributed by atoms with E-state index in [1.54, 1.807) is 56.8 Å². The molecule has 3 rings (SSSR count). The van der Waals surface area contributed by atoms with Gasteiger partial charge in [0.05, 0.1) is 11.4 Å². The Morgan fingerprint density at radius 2 is 1.56 bits per heavy atom. The summed E-state index contributed by atoms with van der Waals surface area (Å²) < 4.78 is 13.3. The minimum Gasteiger partial charge on any atom is -0.454 e. The number of hydrogen-bond donors (Lipinski definition) is 2. The highest BCUT2D eigenvalue weighted by Crippen LogP contribution is 2.14. The van der Waals surface area contributed by atoms with Crippen LogP contribution in [0.3, 0.4) is 0 Å². The molecule has 0 bridgehead atoms.